The van der Waals surface area contributed by atoms with Crippen molar-refractivity contribution in [2.45, 2.75) is 316 Å². The third kappa shape index (κ3) is 81.6. The first-order chi connectivity index (χ1) is 54.7. The number of aliphatic hydroxyl groups excluding tert-OH is 1. The largest absolute Gasteiger partial charge is 0.472 e. The Morgan fingerprint density at radius 1 is 0.259 bits per heavy atom. The minimum Gasteiger partial charge on any atom is -0.462 e. The van der Waals surface area contributed by atoms with E-state index >= 15 is 0 Å². The Bertz CT molecular complexity index is 2940. The minimum absolute atomic E-state index is 0.0190. The fraction of sp³-hybridized carbons (Fsp3) is 0.591. The Kier molecular flexibility index (Phi) is 77.9. The smallest absolute Gasteiger partial charge is 0.462 e. The van der Waals surface area contributed by atoms with E-state index in [9.17, 15) is 43.2 Å². The van der Waals surface area contributed by atoms with Crippen molar-refractivity contribution >= 4 is 39.5 Å². The average Bonchev–Trinajstić information content (AvgIpc) is 0.908. The average molecular weight is 1600 g/mol. The van der Waals surface area contributed by atoms with Crippen LogP contribution in [0.1, 0.15) is 297 Å². The van der Waals surface area contributed by atoms with Gasteiger partial charge in [0, 0.05) is 25.7 Å². The Morgan fingerprint density at radius 3 is 0.786 bits per heavy atom. The van der Waals surface area contributed by atoms with Crippen molar-refractivity contribution < 1.29 is 80.2 Å². The molecule has 5 atom stereocenters. The predicted molar refractivity (Wildman–Crippen MR) is 463 cm³/mol. The molecule has 0 aliphatic rings. The maximum absolute atomic E-state index is 13.1. The van der Waals surface area contributed by atoms with E-state index in [-0.39, 0.29) is 25.7 Å². The molecule has 0 rings (SSSR count). The molecule has 632 valence electrons. The van der Waals surface area contributed by atoms with Crippen LogP contribution in [0.25, 0.3) is 0 Å². The normalized spacial score (nSPS) is 14.8. The molecule has 0 aromatic heterocycles. The molecule has 2 unspecified atom stereocenters. The molecule has 0 aromatic carbocycles. The maximum atomic E-state index is 13.1. The molecule has 0 aliphatic heterocycles. The van der Waals surface area contributed by atoms with E-state index in [4.69, 9.17) is 37.0 Å². The van der Waals surface area contributed by atoms with Crippen LogP contribution in [0.15, 0.2) is 207 Å². The molecule has 0 aromatic rings. The molecule has 19 heteroatoms. The summed E-state index contributed by atoms with van der Waals surface area (Å²) < 4.78 is 68.7. The molecule has 17 nitrogen and oxygen atoms in total. The van der Waals surface area contributed by atoms with Gasteiger partial charge in [-0.25, -0.2) is 9.13 Å². The van der Waals surface area contributed by atoms with Gasteiger partial charge in [0.15, 0.2) is 12.2 Å². The lowest BCUT2D eigenvalue weighted by Gasteiger charge is -2.21. The third-order valence-corrected chi connectivity index (χ3v) is 18.6. The molecule has 0 spiro atoms. The highest BCUT2D eigenvalue weighted by atomic mass is 31.2. The summed E-state index contributed by atoms with van der Waals surface area (Å²) in [6.45, 7) is 4.34. The van der Waals surface area contributed by atoms with E-state index in [0.29, 0.717) is 32.1 Å². The number of ether oxygens (including phenoxy) is 4. The number of hydrogen-bond acceptors (Lipinski definition) is 15. The summed E-state index contributed by atoms with van der Waals surface area (Å²) in [6, 6.07) is 0. The molecule has 0 saturated heterocycles. The maximum Gasteiger partial charge on any atom is 0.472 e. The molecule has 0 radical (unpaired) electrons. The Morgan fingerprint density at radius 2 is 0.482 bits per heavy atom. The van der Waals surface area contributed by atoms with E-state index in [1.54, 1.807) is 0 Å². The number of hydrogen-bond donors (Lipinski definition) is 3. The van der Waals surface area contributed by atoms with Gasteiger partial charge < -0.3 is 33.8 Å². The summed E-state index contributed by atoms with van der Waals surface area (Å²) in [5.74, 6) is -2.37. The highest BCUT2D eigenvalue weighted by molar-refractivity contribution is 7.47. The van der Waals surface area contributed by atoms with Crippen molar-refractivity contribution in [3.05, 3.63) is 207 Å². The quantitative estimate of drug-likeness (QED) is 0.0169. The van der Waals surface area contributed by atoms with E-state index in [1.807, 2.05) is 18.2 Å². The molecular weight excluding hydrogens is 1450 g/mol. The number of esters is 4. The van der Waals surface area contributed by atoms with Crippen LogP contribution in [0.2, 0.25) is 0 Å². The zero-order valence-corrected chi connectivity index (χ0v) is 71.0. The van der Waals surface area contributed by atoms with Crippen LogP contribution in [-0.2, 0) is 65.4 Å². The van der Waals surface area contributed by atoms with E-state index in [0.717, 1.165) is 173 Å². The molecule has 0 bridgehead atoms. The second-order valence-electron chi connectivity index (χ2n) is 27.3. The van der Waals surface area contributed by atoms with Gasteiger partial charge in [-0.3, -0.25) is 37.3 Å². The van der Waals surface area contributed by atoms with Crippen molar-refractivity contribution in [2.24, 2.45) is 0 Å². The van der Waals surface area contributed by atoms with Crippen LogP contribution < -0.4 is 0 Å². The first-order valence-corrected chi connectivity index (χ1v) is 45.3. The Labute approximate surface area is 678 Å². The van der Waals surface area contributed by atoms with E-state index in [1.165, 1.54) is 38.5 Å². The fourth-order valence-electron chi connectivity index (χ4n) is 10.4. The van der Waals surface area contributed by atoms with Crippen molar-refractivity contribution in [1.29, 1.82) is 0 Å². The van der Waals surface area contributed by atoms with Crippen LogP contribution in [0, 0.1) is 0 Å². The van der Waals surface area contributed by atoms with Crippen LogP contribution >= 0.6 is 15.6 Å². The number of carbonyl (C=O) groups excluding carboxylic acids is 4. The molecule has 0 fully saturated rings. The predicted octanol–water partition coefficient (Wildman–Crippen LogP) is 25.4. The van der Waals surface area contributed by atoms with Gasteiger partial charge >= 0.3 is 39.5 Å². The van der Waals surface area contributed by atoms with Crippen molar-refractivity contribution in [3.63, 3.8) is 0 Å². The lowest BCUT2D eigenvalue weighted by atomic mass is 10.1. The first kappa shape index (κ1) is 106. The monoisotopic (exact) mass is 1600 g/mol. The summed E-state index contributed by atoms with van der Waals surface area (Å²) in [4.78, 5) is 73.2. The van der Waals surface area contributed by atoms with Gasteiger partial charge in [-0.1, -0.05) is 298 Å². The zero-order valence-electron chi connectivity index (χ0n) is 69.3. The van der Waals surface area contributed by atoms with Crippen LogP contribution in [0.4, 0.5) is 0 Å². The topological polar surface area (TPSA) is 237 Å². The van der Waals surface area contributed by atoms with Gasteiger partial charge in [-0.05, 0) is 180 Å². The van der Waals surface area contributed by atoms with Crippen LogP contribution in [0.5, 0.6) is 0 Å². The number of carbonyl (C=O) groups is 4. The van der Waals surface area contributed by atoms with Crippen molar-refractivity contribution in [1.82, 2.24) is 0 Å². The summed E-state index contributed by atoms with van der Waals surface area (Å²) in [5, 5.41) is 10.7. The van der Waals surface area contributed by atoms with Crippen molar-refractivity contribution in [3.8, 4) is 0 Å². The van der Waals surface area contributed by atoms with Gasteiger partial charge in [0.25, 0.3) is 0 Å². The summed E-state index contributed by atoms with van der Waals surface area (Å²) >= 11 is 0. The Hall–Kier alpha value is -6.36. The van der Waals surface area contributed by atoms with Crippen LogP contribution in [0.3, 0.4) is 0 Å². The highest BCUT2D eigenvalue weighted by Crippen LogP contribution is 2.45. The molecule has 0 heterocycles. The lowest BCUT2D eigenvalue weighted by Crippen LogP contribution is -2.30. The third-order valence-electron chi connectivity index (χ3n) is 16.7. The molecular formula is C93H148O17P2. The first-order valence-electron chi connectivity index (χ1n) is 42.3. The summed E-state index contributed by atoms with van der Waals surface area (Å²) in [6.07, 6.45) is 104. The molecule has 3 N–H and O–H groups in total. The number of aliphatic hydroxyl groups is 1. The second kappa shape index (κ2) is 82.6. The fourth-order valence-corrected chi connectivity index (χ4v) is 12.0. The summed E-state index contributed by atoms with van der Waals surface area (Å²) in [7, 11) is -10.0. The highest BCUT2D eigenvalue weighted by Gasteiger charge is 2.30. The minimum atomic E-state index is -5.02. The Balaban J connectivity index is 5.56. The van der Waals surface area contributed by atoms with Crippen molar-refractivity contribution in [2.75, 3.05) is 39.6 Å². The van der Waals surface area contributed by atoms with E-state index < -0.39 is 97.5 Å². The number of unbranched alkanes of at least 4 members (excludes halogenated alkanes) is 17. The van der Waals surface area contributed by atoms with Gasteiger partial charge in [0.2, 0.25) is 0 Å². The summed E-state index contributed by atoms with van der Waals surface area (Å²) in [5.41, 5.74) is 0. The second-order valence-corrected chi connectivity index (χ2v) is 30.2. The van der Waals surface area contributed by atoms with E-state index in [2.05, 4.69) is 216 Å². The number of phosphoric acid groups is 2. The zero-order chi connectivity index (χ0) is 81.7. The van der Waals surface area contributed by atoms with Crippen LogP contribution in [-0.4, -0.2) is 96.7 Å². The molecule has 0 saturated carbocycles. The van der Waals surface area contributed by atoms with Gasteiger partial charge in [-0.15, -0.1) is 0 Å². The van der Waals surface area contributed by atoms with Gasteiger partial charge in [-0.2, -0.15) is 0 Å². The SMILES string of the molecule is CC/C=C\C/C=C\C/C=C\C/C=C\C/C=C\C/C=C\CCC(=O)OC[C@H](COP(=O)(O)OC[C@@H](O)COP(=O)(O)OC[C@@H](COC(=O)CCCCCCC/C=C\CCCCCCCC)OC(=O)CCCCC/C=C\C/C=C\C/C=C\C/C=C\C/C=C\CC)OC(=O)CCCCC/C=C\C/C=C\C/C=C\C/C=C\C/C=C\CC. The standard InChI is InChI=1S/C93H148O17P2/c1-5-9-13-17-21-25-29-33-37-40-43-46-50-54-58-62-66-70-74-78-91(96)104-84-89(110-93(98)80-76-72-68-64-60-56-52-48-45-42-39-35-31-27-23-19-15-11-7-3)86-108-112(101,102)106-82-87(94)81-105-111(99,100)107-85-88(83-103-90(95)77-73-69-65-61-57-53-49-36-32-28-24-20-16-12-8-4)109-92(97)79-75-71-67-63-59-55-51-47-44-41-38-34-30-26-22-18-14-10-6-2/h9-11,13-15,21-23,25-27,33-39,43-49,54-56,58-60,66,70,87-89,94H,5-8,12,16-20,24,28-32,40-42,50-53,57,61-65,67-69,71-86H2,1-4H3,(H,99,100)(H,101,102)/b13-9-,14-10-,15-11-,25-21-,26-22-,27-23-,37-33-,38-34-,39-35-,46-43-,47-44-,48-45-,49-36-,58-54-,59-55-,60-56-,70-66-/t87-,88+,89+/m0/s1. The van der Waals surface area contributed by atoms with Gasteiger partial charge in [0.05, 0.1) is 26.4 Å². The number of phosphoric ester groups is 2. The lowest BCUT2D eigenvalue weighted by molar-refractivity contribution is -0.161. The number of rotatable bonds is 77. The molecule has 112 heavy (non-hydrogen) atoms. The molecule has 0 aliphatic carbocycles. The number of allylic oxidation sites excluding steroid dienone is 34. The molecule has 0 amide bonds. The van der Waals surface area contributed by atoms with Gasteiger partial charge in [0.1, 0.15) is 19.3 Å².